The molecule has 0 bridgehead atoms. The fourth-order valence-electron chi connectivity index (χ4n) is 1.85. The second-order valence-corrected chi connectivity index (χ2v) is 5.83. The average Bonchev–Trinajstić information content (AvgIpc) is 2.56. The summed E-state index contributed by atoms with van der Waals surface area (Å²) < 4.78 is 0. The van der Waals surface area contributed by atoms with Gasteiger partial charge in [0.15, 0.2) is 0 Å². The van der Waals surface area contributed by atoms with Crippen molar-refractivity contribution in [3.05, 3.63) is 0 Å². The molecule has 0 fully saturated rings. The van der Waals surface area contributed by atoms with Crippen molar-refractivity contribution in [2.75, 3.05) is 6.61 Å². The minimum atomic E-state index is -1.70. The second-order valence-electron chi connectivity index (χ2n) is 5.83. The molecule has 0 saturated heterocycles. The molecule has 0 aliphatic carbocycles. The number of carbonyl (C=O) groups is 6. The number of primary amides is 2. The molecule has 0 heterocycles. The first kappa shape index (κ1) is 24.7. The van der Waals surface area contributed by atoms with Crippen molar-refractivity contribution in [1.82, 2.24) is 16.0 Å². The topological polar surface area (TPSA) is 257 Å². The molecule has 0 aromatic rings. The van der Waals surface area contributed by atoms with E-state index < -0.39 is 79.1 Å². The van der Waals surface area contributed by atoms with E-state index in [1.54, 1.807) is 0 Å². The number of nitrogens with one attached hydrogen (secondary N) is 3. The van der Waals surface area contributed by atoms with E-state index in [4.69, 9.17) is 22.3 Å². The highest BCUT2D eigenvalue weighted by Crippen LogP contribution is 1.99. The van der Waals surface area contributed by atoms with Crippen molar-refractivity contribution in [2.24, 2.45) is 17.2 Å². The molecule has 0 aliphatic rings. The Morgan fingerprint density at radius 3 is 1.57 bits per heavy atom. The number of carboxylic acid groups (broad SMARTS) is 1. The van der Waals surface area contributed by atoms with Crippen LogP contribution in [-0.4, -0.2) is 76.5 Å². The number of aliphatic hydroxyl groups excluding tert-OH is 1. The quantitative estimate of drug-likeness (QED) is 0.154. The SMILES string of the molecule is CC(N)C(=O)NC(CO)C(=O)NC(CC(N)=O)C(=O)NC(CC(N)=O)C(=O)O. The zero-order chi connectivity index (χ0) is 22.0. The summed E-state index contributed by atoms with van der Waals surface area (Å²) >= 11 is 0. The fraction of sp³-hybridized carbons (Fsp3) is 0.571. The number of aliphatic carboxylic acids is 1. The zero-order valence-corrected chi connectivity index (χ0v) is 15.0. The van der Waals surface area contributed by atoms with E-state index in [0.717, 1.165) is 0 Å². The summed E-state index contributed by atoms with van der Waals surface area (Å²) in [5.41, 5.74) is 15.2. The van der Waals surface area contributed by atoms with Gasteiger partial charge in [-0.1, -0.05) is 0 Å². The highest BCUT2D eigenvalue weighted by Gasteiger charge is 2.31. The molecule has 158 valence electrons. The Morgan fingerprint density at radius 1 is 0.786 bits per heavy atom. The Morgan fingerprint density at radius 2 is 1.18 bits per heavy atom. The van der Waals surface area contributed by atoms with Gasteiger partial charge in [0.2, 0.25) is 29.5 Å². The minimum Gasteiger partial charge on any atom is -0.480 e. The van der Waals surface area contributed by atoms with E-state index in [-0.39, 0.29) is 0 Å². The monoisotopic (exact) mass is 404 g/mol. The van der Waals surface area contributed by atoms with Gasteiger partial charge in [-0.25, -0.2) is 4.79 Å². The lowest BCUT2D eigenvalue weighted by Gasteiger charge is -2.23. The lowest BCUT2D eigenvalue weighted by molar-refractivity contribution is -0.144. The summed E-state index contributed by atoms with van der Waals surface area (Å²) in [4.78, 5) is 69.1. The molecule has 0 rings (SSSR count). The molecular formula is C14H24N6O8. The summed E-state index contributed by atoms with van der Waals surface area (Å²) in [5.74, 6) is -6.56. The van der Waals surface area contributed by atoms with Crippen LogP contribution in [0.4, 0.5) is 0 Å². The van der Waals surface area contributed by atoms with Gasteiger partial charge in [-0.3, -0.25) is 24.0 Å². The molecule has 28 heavy (non-hydrogen) atoms. The standard InChI is InChI=1S/C14H24N6O8/c1-5(15)11(24)20-8(4-21)13(26)18-6(2-9(16)22)12(25)19-7(14(27)28)3-10(17)23/h5-8,21H,2-4,15H2,1H3,(H2,16,22)(H2,17,23)(H,18,26)(H,19,25)(H,20,24)(H,27,28). The Bertz CT molecular complexity index is 637. The van der Waals surface area contributed by atoms with Crippen molar-refractivity contribution in [3.8, 4) is 0 Å². The van der Waals surface area contributed by atoms with E-state index in [0.29, 0.717) is 0 Å². The first-order valence-corrected chi connectivity index (χ1v) is 7.96. The number of carboxylic acids is 1. The van der Waals surface area contributed by atoms with Gasteiger partial charge in [0.25, 0.3) is 0 Å². The molecular weight excluding hydrogens is 380 g/mol. The lowest BCUT2D eigenvalue weighted by Crippen LogP contribution is -2.58. The summed E-state index contributed by atoms with van der Waals surface area (Å²) in [6, 6.07) is -5.83. The number of aliphatic hydroxyl groups is 1. The van der Waals surface area contributed by atoms with Crippen LogP contribution >= 0.6 is 0 Å². The van der Waals surface area contributed by atoms with Gasteiger partial charge >= 0.3 is 5.97 Å². The molecule has 5 amide bonds. The van der Waals surface area contributed by atoms with Gasteiger partial charge in [0, 0.05) is 0 Å². The van der Waals surface area contributed by atoms with E-state index in [9.17, 15) is 33.9 Å². The Balaban J connectivity index is 5.28. The predicted molar refractivity (Wildman–Crippen MR) is 91.8 cm³/mol. The zero-order valence-electron chi connectivity index (χ0n) is 15.0. The number of hydrogen-bond acceptors (Lipinski definition) is 8. The van der Waals surface area contributed by atoms with Crippen molar-refractivity contribution in [3.63, 3.8) is 0 Å². The van der Waals surface area contributed by atoms with E-state index in [2.05, 4.69) is 10.6 Å². The van der Waals surface area contributed by atoms with E-state index in [1.807, 2.05) is 5.32 Å². The number of rotatable bonds is 12. The van der Waals surface area contributed by atoms with Crippen molar-refractivity contribution >= 4 is 35.5 Å². The molecule has 14 nitrogen and oxygen atoms in total. The smallest absolute Gasteiger partial charge is 0.326 e. The Hall–Kier alpha value is -3.26. The molecule has 14 heteroatoms. The maximum absolute atomic E-state index is 12.2. The molecule has 0 saturated carbocycles. The molecule has 0 spiro atoms. The number of hydrogen-bond donors (Lipinski definition) is 8. The van der Waals surface area contributed by atoms with Crippen molar-refractivity contribution in [1.29, 1.82) is 0 Å². The second kappa shape index (κ2) is 11.5. The summed E-state index contributed by atoms with van der Waals surface area (Å²) in [6.45, 7) is 0.477. The Kier molecular flexibility index (Phi) is 10.1. The first-order valence-electron chi connectivity index (χ1n) is 7.96. The largest absolute Gasteiger partial charge is 0.480 e. The van der Waals surface area contributed by atoms with Crippen LogP contribution in [0.15, 0.2) is 0 Å². The number of amides is 5. The molecule has 11 N–H and O–H groups in total. The third kappa shape index (κ3) is 8.91. The van der Waals surface area contributed by atoms with Gasteiger partial charge in [0.05, 0.1) is 25.5 Å². The number of carbonyl (C=O) groups excluding carboxylic acids is 5. The van der Waals surface area contributed by atoms with Crippen LogP contribution in [0.5, 0.6) is 0 Å². The van der Waals surface area contributed by atoms with Crippen LogP contribution in [0.25, 0.3) is 0 Å². The molecule has 0 radical (unpaired) electrons. The van der Waals surface area contributed by atoms with Crippen LogP contribution in [0.3, 0.4) is 0 Å². The third-order valence-corrected chi connectivity index (χ3v) is 3.29. The minimum absolute atomic E-state index is 0.722. The van der Waals surface area contributed by atoms with Crippen LogP contribution < -0.4 is 33.2 Å². The molecule has 0 aromatic carbocycles. The number of nitrogens with two attached hydrogens (primary N) is 3. The molecule has 4 unspecified atom stereocenters. The first-order chi connectivity index (χ1) is 12.9. The fourth-order valence-corrected chi connectivity index (χ4v) is 1.85. The predicted octanol–water partition coefficient (Wildman–Crippen LogP) is -5.38. The van der Waals surface area contributed by atoms with Gasteiger partial charge in [0.1, 0.15) is 18.1 Å². The summed E-state index contributed by atoms with van der Waals surface area (Å²) in [7, 11) is 0. The van der Waals surface area contributed by atoms with Crippen LogP contribution in [-0.2, 0) is 28.8 Å². The lowest BCUT2D eigenvalue weighted by atomic mass is 10.1. The van der Waals surface area contributed by atoms with E-state index >= 15 is 0 Å². The van der Waals surface area contributed by atoms with Gasteiger partial charge < -0.3 is 43.4 Å². The average molecular weight is 404 g/mol. The van der Waals surface area contributed by atoms with Gasteiger partial charge in [-0.2, -0.15) is 0 Å². The highest BCUT2D eigenvalue weighted by atomic mass is 16.4. The van der Waals surface area contributed by atoms with Gasteiger partial charge in [-0.15, -0.1) is 0 Å². The highest BCUT2D eigenvalue weighted by molar-refractivity contribution is 5.96. The summed E-state index contributed by atoms with van der Waals surface area (Å²) in [5, 5.41) is 24.4. The molecule has 0 aliphatic heterocycles. The molecule has 4 atom stereocenters. The van der Waals surface area contributed by atoms with E-state index in [1.165, 1.54) is 6.92 Å². The van der Waals surface area contributed by atoms with Crippen LogP contribution in [0.2, 0.25) is 0 Å². The third-order valence-electron chi connectivity index (χ3n) is 3.29. The van der Waals surface area contributed by atoms with Crippen LogP contribution in [0.1, 0.15) is 19.8 Å². The summed E-state index contributed by atoms with van der Waals surface area (Å²) in [6.07, 6.45) is -1.46. The maximum Gasteiger partial charge on any atom is 0.326 e. The maximum atomic E-state index is 12.2. The van der Waals surface area contributed by atoms with Gasteiger partial charge in [-0.05, 0) is 6.92 Å². The molecule has 0 aromatic heterocycles. The Labute approximate surface area is 159 Å². The normalized spacial score (nSPS) is 14.7. The van der Waals surface area contributed by atoms with Crippen molar-refractivity contribution < 1.29 is 39.0 Å². The van der Waals surface area contributed by atoms with Crippen molar-refractivity contribution in [2.45, 2.75) is 43.9 Å². The van der Waals surface area contributed by atoms with Crippen LogP contribution in [0, 0.1) is 0 Å².